The lowest BCUT2D eigenvalue weighted by Crippen LogP contribution is -2.18. The van der Waals surface area contributed by atoms with Gasteiger partial charge < -0.3 is 5.32 Å². The van der Waals surface area contributed by atoms with E-state index < -0.39 is 0 Å². The lowest BCUT2D eigenvalue weighted by Gasteiger charge is -2.11. The van der Waals surface area contributed by atoms with Crippen LogP contribution < -0.4 is 5.32 Å². The van der Waals surface area contributed by atoms with E-state index in [1.165, 1.54) is 5.56 Å². The highest BCUT2D eigenvalue weighted by Gasteiger charge is 2.22. The van der Waals surface area contributed by atoms with E-state index in [9.17, 15) is 0 Å². The molecule has 5 heteroatoms. The van der Waals surface area contributed by atoms with Gasteiger partial charge in [-0.3, -0.25) is 9.67 Å². The second kappa shape index (κ2) is 4.65. The van der Waals surface area contributed by atoms with Gasteiger partial charge in [0.05, 0.1) is 5.69 Å². The highest BCUT2D eigenvalue weighted by Crippen LogP contribution is 2.33. The monoisotopic (exact) mass is 260 g/mol. The zero-order chi connectivity index (χ0) is 12.5. The predicted molar refractivity (Wildman–Crippen MR) is 75.7 cm³/mol. The van der Waals surface area contributed by atoms with Crippen molar-refractivity contribution in [1.29, 1.82) is 0 Å². The lowest BCUT2D eigenvalue weighted by molar-refractivity contribution is 0.757. The standard InChI is InChI=1S/C13H16N4S/c1-9-7-18-8-10-12(11-5-3-4-6-14-11)16-17(2)13(10)15-9/h3-6,9,15H,7-8H2,1-2H3/t9-/m0/s1. The van der Waals surface area contributed by atoms with Crippen LogP contribution in [0, 0.1) is 0 Å². The highest BCUT2D eigenvalue weighted by atomic mass is 32.2. The summed E-state index contributed by atoms with van der Waals surface area (Å²) in [6.45, 7) is 2.20. The number of aromatic nitrogens is 3. The Morgan fingerprint density at radius 1 is 1.44 bits per heavy atom. The minimum Gasteiger partial charge on any atom is -0.367 e. The summed E-state index contributed by atoms with van der Waals surface area (Å²) in [5.74, 6) is 3.25. The smallest absolute Gasteiger partial charge is 0.128 e. The number of hydrogen-bond donors (Lipinski definition) is 1. The van der Waals surface area contributed by atoms with E-state index in [1.54, 1.807) is 0 Å². The van der Waals surface area contributed by atoms with Crippen molar-refractivity contribution in [3.63, 3.8) is 0 Å². The Morgan fingerprint density at radius 3 is 3.11 bits per heavy atom. The topological polar surface area (TPSA) is 42.7 Å². The zero-order valence-corrected chi connectivity index (χ0v) is 11.4. The van der Waals surface area contributed by atoms with Crippen molar-refractivity contribution in [3.05, 3.63) is 30.0 Å². The molecule has 3 heterocycles. The molecule has 0 aliphatic carbocycles. The van der Waals surface area contributed by atoms with E-state index in [4.69, 9.17) is 0 Å². The van der Waals surface area contributed by atoms with Crippen molar-refractivity contribution in [2.45, 2.75) is 18.7 Å². The molecule has 0 radical (unpaired) electrons. The molecule has 0 unspecified atom stereocenters. The number of thioether (sulfide) groups is 1. The third-order valence-electron chi connectivity index (χ3n) is 3.05. The van der Waals surface area contributed by atoms with Crippen molar-refractivity contribution >= 4 is 17.6 Å². The third kappa shape index (κ3) is 1.99. The number of nitrogens with zero attached hydrogens (tertiary/aromatic N) is 3. The van der Waals surface area contributed by atoms with Gasteiger partial charge in [-0.05, 0) is 19.1 Å². The molecule has 1 N–H and O–H groups in total. The molecule has 1 atom stereocenters. The summed E-state index contributed by atoms with van der Waals surface area (Å²) in [6.07, 6.45) is 1.82. The maximum Gasteiger partial charge on any atom is 0.128 e. The maximum absolute atomic E-state index is 4.62. The molecule has 1 aliphatic heterocycles. The Morgan fingerprint density at radius 2 is 2.33 bits per heavy atom. The number of hydrogen-bond acceptors (Lipinski definition) is 4. The first kappa shape index (κ1) is 11.6. The van der Waals surface area contributed by atoms with Crippen LogP contribution in [-0.2, 0) is 12.8 Å². The van der Waals surface area contributed by atoms with Crippen molar-refractivity contribution in [2.75, 3.05) is 11.1 Å². The predicted octanol–water partition coefficient (Wildman–Crippen LogP) is 2.53. The Bertz CT molecular complexity index is 550. The molecule has 0 saturated heterocycles. The lowest BCUT2D eigenvalue weighted by atomic mass is 10.2. The van der Waals surface area contributed by atoms with Gasteiger partial charge in [-0.2, -0.15) is 16.9 Å². The van der Waals surface area contributed by atoms with Crippen molar-refractivity contribution in [2.24, 2.45) is 7.05 Å². The van der Waals surface area contributed by atoms with Gasteiger partial charge in [0.25, 0.3) is 0 Å². The molecule has 0 amide bonds. The fourth-order valence-electron chi connectivity index (χ4n) is 2.21. The third-order valence-corrected chi connectivity index (χ3v) is 4.28. The maximum atomic E-state index is 4.62. The highest BCUT2D eigenvalue weighted by molar-refractivity contribution is 7.98. The Balaban J connectivity index is 2.10. The van der Waals surface area contributed by atoms with Crippen molar-refractivity contribution < 1.29 is 0 Å². The summed E-state index contributed by atoms with van der Waals surface area (Å²) in [6, 6.07) is 6.42. The summed E-state index contributed by atoms with van der Waals surface area (Å²) < 4.78 is 1.93. The number of fused-ring (bicyclic) bond motifs is 1. The summed E-state index contributed by atoms with van der Waals surface area (Å²) in [7, 11) is 1.99. The fourth-order valence-corrected chi connectivity index (χ4v) is 3.24. The van der Waals surface area contributed by atoms with Crippen LogP contribution in [0.4, 0.5) is 5.82 Å². The van der Waals surface area contributed by atoms with Crippen LogP contribution in [0.3, 0.4) is 0 Å². The molecule has 0 saturated carbocycles. The van der Waals surface area contributed by atoms with Crippen LogP contribution in [0.2, 0.25) is 0 Å². The SMILES string of the molecule is C[C@H]1CSCc2c(-c3ccccn3)nn(C)c2N1. The van der Waals surface area contributed by atoms with Crippen LogP contribution in [0.5, 0.6) is 0 Å². The fraction of sp³-hybridized carbons (Fsp3) is 0.385. The first-order valence-corrected chi connectivity index (χ1v) is 7.22. The van der Waals surface area contributed by atoms with Gasteiger partial charge >= 0.3 is 0 Å². The van der Waals surface area contributed by atoms with Gasteiger partial charge in [-0.15, -0.1) is 0 Å². The minimum atomic E-state index is 0.475. The first-order chi connectivity index (χ1) is 8.75. The van der Waals surface area contributed by atoms with Gasteiger partial charge in [0.15, 0.2) is 0 Å². The molecule has 0 fully saturated rings. The number of pyridine rings is 1. The number of aryl methyl sites for hydroxylation is 1. The van der Waals surface area contributed by atoms with Gasteiger partial charge in [0, 0.05) is 36.4 Å². The Kier molecular flexibility index (Phi) is 2.99. The molecule has 0 spiro atoms. The second-order valence-corrected chi connectivity index (χ2v) is 5.61. The molecular formula is C13H16N4S. The molecule has 0 aromatic carbocycles. The largest absolute Gasteiger partial charge is 0.367 e. The van der Waals surface area contributed by atoms with Crippen molar-refractivity contribution in [1.82, 2.24) is 14.8 Å². The summed E-state index contributed by atoms with van der Waals surface area (Å²) in [5.41, 5.74) is 3.22. The number of rotatable bonds is 1. The van der Waals surface area contributed by atoms with Gasteiger partial charge in [-0.25, -0.2) is 0 Å². The van der Waals surface area contributed by atoms with E-state index in [1.807, 2.05) is 47.9 Å². The van der Waals surface area contributed by atoms with E-state index in [-0.39, 0.29) is 0 Å². The van der Waals surface area contributed by atoms with Gasteiger partial charge in [0.2, 0.25) is 0 Å². The van der Waals surface area contributed by atoms with E-state index in [0.717, 1.165) is 28.7 Å². The second-order valence-electron chi connectivity index (χ2n) is 4.57. The molecule has 0 bridgehead atoms. The molecule has 94 valence electrons. The van der Waals surface area contributed by atoms with E-state index >= 15 is 0 Å². The molecular weight excluding hydrogens is 244 g/mol. The number of anilines is 1. The van der Waals surface area contributed by atoms with Crippen LogP contribution >= 0.6 is 11.8 Å². The minimum absolute atomic E-state index is 0.475. The molecule has 18 heavy (non-hydrogen) atoms. The van der Waals surface area contributed by atoms with Gasteiger partial charge in [0.1, 0.15) is 11.5 Å². The molecule has 2 aromatic heterocycles. The van der Waals surface area contributed by atoms with E-state index in [0.29, 0.717) is 6.04 Å². The van der Waals surface area contributed by atoms with Crippen LogP contribution in [0.1, 0.15) is 12.5 Å². The van der Waals surface area contributed by atoms with Gasteiger partial charge in [-0.1, -0.05) is 6.07 Å². The molecule has 1 aliphatic rings. The van der Waals surface area contributed by atoms with Crippen LogP contribution in [0.15, 0.2) is 24.4 Å². The van der Waals surface area contributed by atoms with Crippen molar-refractivity contribution in [3.8, 4) is 11.4 Å². The quantitative estimate of drug-likeness (QED) is 0.855. The normalized spacial score (nSPS) is 18.9. The summed E-state index contributed by atoms with van der Waals surface area (Å²) in [4.78, 5) is 4.41. The van der Waals surface area contributed by atoms with E-state index in [2.05, 4.69) is 22.3 Å². The molecule has 4 nitrogen and oxygen atoms in total. The first-order valence-electron chi connectivity index (χ1n) is 6.07. The average Bonchev–Trinajstić information content (AvgIpc) is 2.58. The molecule has 2 aromatic rings. The summed E-state index contributed by atoms with van der Waals surface area (Å²) in [5, 5.41) is 8.15. The Hall–Kier alpha value is -1.49. The Labute approximate surface area is 111 Å². The zero-order valence-electron chi connectivity index (χ0n) is 10.6. The summed E-state index contributed by atoms with van der Waals surface area (Å²) >= 11 is 1.95. The average molecular weight is 260 g/mol. The van der Waals surface area contributed by atoms with Crippen LogP contribution in [0.25, 0.3) is 11.4 Å². The number of nitrogens with one attached hydrogen (secondary N) is 1. The van der Waals surface area contributed by atoms with Crippen LogP contribution in [-0.4, -0.2) is 26.6 Å². The molecule has 3 rings (SSSR count).